The maximum absolute atomic E-state index is 11.0. The van der Waals surface area contributed by atoms with Crippen molar-refractivity contribution in [3.05, 3.63) is 29.8 Å². The van der Waals surface area contributed by atoms with Crippen LogP contribution in [-0.2, 0) is 9.59 Å². The van der Waals surface area contributed by atoms with E-state index >= 15 is 0 Å². The average Bonchev–Trinajstić information content (AvgIpc) is 2.35. The summed E-state index contributed by atoms with van der Waals surface area (Å²) in [6.07, 6.45) is -1.58. The molecule has 0 bridgehead atoms. The van der Waals surface area contributed by atoms with Crippen LogP contribution in [0.5, 0.6) is 5.75 Å². The molecule has 0 saturated heterocycles. The molecule has 2 unspecified atom stereocenters. The Kier molecular flexibility index (Phi) is 5.48. The van der Waals surface area contributed by atoms with Gasteiger partial charge in [0.2, 0.25) is 0 Å². The molecule has 0 fully saturated rings. The number of aromatic hydroxyl groups is 1. The van der Waals surface area contributed by atoms with Gasteiger partial charge in [-0.3, -0.25) is 14.5 Å². The van der Waals surface area contributed by atoms with E-state index in [0.717, 1.165) is 0 Å². The number of aliphatic carboxylic acids is 2. The monoisotopic (exact) mass is 283 g/mol. The van der Waals surface area contributed by atoms with E-state index in [0.29, 0.717) is 5.56 Å². The van der Waals surface area contributed by atoms with Gasteiger partial charge in [-0.25, -0.2) is 0 Å². The van der Waals surface area contributed by atoms with Gasteiger partial charge in [0.05, 0.1) is 12.5 Å². The summed E-state index contributed by atoms with van der Waals surface area (Å²) in [7, 11) is 1.42. The molecule has 1 rings (SSSR count). The number of carbonyl (C=O) groups is 2. The first-order valence-electron chi connectivity index (χ1n) is 5.93. The molecule has 1 aromatic rings. The largest absolute Gasteiger partial charge is 0.508 e. The van der Waals surface area contributed by atoms with Gasteiger partial charge in [-0.05, 0) is 24.7 Å². The number of aliphatic hydroxyl groups is 1. The van der Waals surface area contributed by atoms with E-state index in [4.69, 9.17) is 10.2 Å². The number of phenolic OH excluding ortho intramolecular Hbond substituents is 1. The van der Waals surface area contributed by atoms with Crippen LogP contribution in [-0.4, -0.2) is 56.9 Å². The van der Waals surface area contributed by atoms with Crippen LogP contribution >= 0.6 is 0 Å². The molecule has 7 heteroatoms. The Hall–Kier alpha value is -2.12. The molecule has 1 aromatic carbocycles. The van der Waals surface area contributed by atoms with E-state index in [-0.39, 0.29) is 12.3 Å². The number of likely N-dealkylation sites (N-methyl/N-ethyl adjacent to an activating group) is 1. The van der Waals surface area contributed by atoms with Gasteiger partial charge in [-0.1, -0.05) is 12.1 Å². The van der Waals surface area contributed by atoms with Crippen LogP contribution in [0.1, 0.15) is 18.1 Å². The van der Waals surface area contributed by atoms with Crippen LogP contribution in [0.4, 0.5) is 0 Å². The van der Waals surface area contributed by atoms with Crippen molar-refractivity contribution in [3.8, 4) is 5.75 Å². The summed E-state index contributed by atoms with van der Waals surface area (Å²) in [5.41, 5.74) is 0.427. The molecule has 0 aromatic heterocycles. The van der Waals surface area contributed by atoms with E-state index in [9.17, 15) is 19.8 Å². The fourth-order valence-corrected chi connectivity index (χ4v) is 1.83. The Labute approximate surface area is 115 Å². The fourth-order valence-electron chi connectivity index (χ4n) is 1.83. The minimum absolute atomic E-state index is 0.00970. The minimum atomic E-state index is -1.27. The number of carboxylic acids is 2. The van der Waals surface area contributed by atoms with Gasteiger partial charge in [-0.15, -0.1) is 0 Å². The summed E-state index contributed by atoms with van der Waals surface area (Å²) >= 11 is 0. The van der Waals surface area contributed by atoms with Gasteiger partial charge in [0.1, 0.15) is 11.8 Å². The Morgan fingerprint density at radius 3 is 2.45 bits per heavy atom. The number of phenols is 1. The highest BCUT2D eigenvalue weighted by atomic mass is 16.4. The van der Waals surface area contributed by atoms with Crippen LogP contribution in [0.3, 0.4) is 0 Å². The van der Waals surface area contributed by atoms with Gasteiger partial charge in [-0.2, -0.15) is 0 Å². The standard InChI is InChI=1S/C13H17NO6/c1-14(10(13(19)20)6-12(17)18)7-11(16)8-3-2-4-9(15)5-8/h2-5,10-11,15-16H,6-7H2,1H3,(H,17,18)(H,19,20). The van der Waals surface area contributed by atoms with Gasteiger partial charge in [0.15, 0.2) is 0 Å². The van der Waals surface area contributed by atoms with Gasteiger partial charge < -0.3 is 20.4 Å². The van der Waals surface area contributed by atoms with Crippen LogP contribution in [0.15, 0.2) is 24.3 Å². The summed E-state index contributed by atoms with van der Waals surface area (Å²) in [5, 5.41) is 37.0. The lowest BCUT2D eigenvalue weighted by Gasteiger charge is -2.25. The molecule has 0 amide bonds. The summed E-state index contributed by atoms with van der Waals surface area (Å²) in [5.74, 6) is -2.50. The maximum Gasteiger partial charge on any atom is 0.321 e. The zero-order valence-electron chi connectivity index (χ0n) is 10.9. The number of carboxylic acid groups (broad SMARTS) is 2. The number of hydrogen-bond acceptors (Lipinski definition) is 5. The summed E-state index contributed by atoms with van der Waals surface area (Å²) in [6, 6.07) is 4.74. The Morgan fingerprint density at radius 2 is 1.95 bits per heavy atom. The highest BCUT2D eigenvalue weighted by molar-refractivity contribution is 5.80. The molecular weight excluding hydrogens is 266 g/mol. The van der Waals surface area contributed by atoms with Crippen molar-refractivity contribution in [1.29, 1.82) is 0 Å². The molecular formula is C13H17NO6. The first kappa shape index (κ1) is 15.9. The summed E-state index contributed by atoms with van der Waals surface area (Å²) in [4.78, 5) is 22.9. The molecule has 20 heavy (non-hydrogen) atoms. The lowest BCUT2D eigenvalue weighted by molar-refractivity contribution is -0.149. The van der Waals surface area contributed by atoms with Crippen molar-refractivity contribution in [1.82, 2.24) is 4.90 Å². The zero-order valence-corrected chi connectivity index (χ0v) is 10.9. The molecule has 7 nitrogen and oxygen atoms in total. The van der Waals surface area contributed by atoms with Crippen LogP contribution in [0.25, 0.3) is 0 Å². The first-order valence-corrected chi connectivity index (χ1v) is 5.93. The Balaban J connectivity index is 2.74. The predicted molar refractivity (Wildman–Crippen MR) is 69.4 cm³/mol. The van der Waals surface area contributed by atoms with Gasteiger partial charge in [0, 0.05) is 6.54 Å². The molecule has 4 N–H and O–H groups in total. The second-order valence-corrected chi connectivity index (χ2v) is 4.50. The predicted octanol–water partition coefficient (Wildman–Crippen LogP) is 0.285. The lowest BCUT2D eigenvalue weighted by atomic mass is 10.1. The zero-order chi connectivity index (χ0) is 15.3. The Bertz CT molecular complexity index is 490. The van der Waals surface area contributed by atoms with Crippen LogP contribution in [0.2, 0.25) is 0 Å². The van der Waals surface area contributed by atoms with E-state index in [1.54, 1.807) is 12.1 Å². The molecule has 0 aliphatic carbocycles. The smallest absolute Gasteiger partial charge is 0.321 e. The topological polar surface area (TPSA) is 118 Å². The highest BCUT2D eigenvalue weighted by Gasteiger charge is 2.27. The third kappa shape index (κ3) is 4.52. The molecule has 2 atom stereocenters. The molecule has 0 spiro atoms. The SMILES string of the molecule is CN(CC(O)c1cccc(O)c1)C(CC(=O)O)C(=O)O. The van der Waals surface area contributed by atoms with Crippen molar-refractivity contribution in [2.24, 2.45) is 0 Å². The van der Waals surface area contributed by atoms with Gasteiger partial charge >= 0.3 is 11.9 Å². The number of nitrogens with zero attached hydrogens (tertiary/aromatic N) is 1. The van der Waals surface area contributed by atoms with Crippen LogP contribution in [0, 0.1) is 0 Å². The molecule has 0 heterocycles. The number of hydrogen-bond donors (Lipinski definition) is 4. The van der Waals surface area contributed by atoms with E-state index < -0.39 is 30.5 Å². The van der Waals surface area contributed by atoms with Crippen LogP contribution < -0.4 is 0 Å². The van der Waals surface area contributed by atoms with Crippen molar-refractivity contribution in [2.75, 3.05) is 13.6 Å². The summed E-state index contributed by atoms with van der Waals surface area (Å²) in [6.45, 7) is -0.0618. The average molecular weight is 283 g/mol. The summed E-state index contributed by atoms with van der Waals surface area (Å²) < 4.78 is 0. The Morgan fingerprint density at radius 1 is 1.30 bits per heavy atom. The van der Waals surface area contributed by atoms with Gasteiger partial charge in [0.25, 0.3) is 0 Å². The maximum atomic E-state index is 11.0. The highest BCUT2D eigenvalue weighted by Crippen LogP contribution is 2.19. The van der Waals surface area contributed by atoms with Crippen molar-refractivity contribution < 1.29 is 30.0 Å². The van der Waals surface area contributed by atoms with Crippen molar-refractivity contribution >= 4 is 11.9 Å². The second-order valence-electron chi connectivity index (χ2n) is 4.50. The quantitative estimate of drug-likeness (QED) is 0.567. The third-order valence-electron chi connectivity index (χ3n) is 2.90. The molecule has 0 aliphatic heterocycles. The van der Waals surface area contributed by atoms with E-state index in [1.807, 2.05) is 0 Å². The number of benzene rings is 1. The van der Waals surface area contributed by atoms with E-state index in [1.165, 1.54) is 24.1 Å². The second kappa shape index (κ2) is 6.88. The van der Waals surface area contributed by atoms with Crippen molar-refractivity contribution in [3.63, 3.8) is 0 Å². The number of aliphatic hydroxyl groups excluding tert-OH is 1. The number of rotatable bonds is 7. The minimum Gasteiger partial charge on any atom is -0.508 e. The fraction of sp³-hybridized carbons (Fsp3) is 0.385. The molecule has 0 aliphatic rings. The van der Waals surface area contributed by atoms with E-state index in [2.05, 4.69) is 0 Å². The lowest BCUT2D eigenvalue weighted by Crippen LogP contribution is -2.42. The molecule has 0 saturated carbocycles. The molecule has 110 valence electrons. The first-order chi connectivity index (χ1) is 9.31. The molecule has 0 radical (unpaired) electrons. The third-order valence-corrected chi connectivity index (χ3v) is 2.90. The van der Waals surface area contributed by atoms with Crippen molar-refractivity contribution in [2.45, 2.75) is 18.6 Å². The normalized spacial score (nSPS) is 13.9.